The molecule has 4 rings (SSSR count). The molecule has 0 saturated heterocycles. The normalized spacial score (nSPS) is 11.2. The Kier molecular flexibility index (Phi) is 5.53. The van der Waals surface area contributed by atoms with Crippen LogP contribution < -0.4 is 0 Å². The van der Waals surface area contributed by atoms with Crippen molar-refractivity contribution in [2.24, 2.45) is 5.92 Å². The number of benzene rings is 2. The van der Waals surface area contributed by atoms with Gasteiger partial charge < -0.3 is 4.52 Å². The molecular formula is C21H21N5OS. The van der Waals surface area contributed by atoms with Crippen molar-refractivity contribution in [3.05, 3.63) is 72.4 Å². The second-order valence-corrected chi connectivity index (χ2v) is 7.78. The zero-order valence-corrected chi connectivity index (χ0v) is 16.6. The first-order valence-electron chi connectivity index (χ1n) is 9.21. The summed E-state index contributed by atoms with van der Waals surface area (Å²) in [7, 11) is 0. The van der Waals surface area contributed by atoms with E-state index in [1.165, 1.54) is 11.8 Å². The summed E-state index contributed by atoms with van der Waals surface area (Å²) in [5, 5.41) is 13.7. The van der Waals surface area contributed by atoms with Crippen molar-refractivity contribution in [1.82, 2.24) is 24.9 Å². The van der Waals surface area contributed by atoms with Crippen LogP contribution in [0.15, 0.2) is 70.3 Å². The van der Waals surface area contributed by atoms with Crippen molar-refractivity contribution in [2.45, 2.75) is 31.2 Å². The topological polar surface area (TPSA) is 69.6 Å². The van der Waals surface area contributed by atoms with E-state index in [2.05, 4.69) is 38.8 Å². The van der Waals surface area contributed by atoms with Gasteiger partial charge in [-0.3, -0.25) is 4.57 Å². The Hall–Kier alpha value is -2.93. The van der Waals surface area contributed by atoms with Gasteiger partial charge in [0.15, 0.2) is 16.8 Å². The molecule has 0 radical (unpaired) electrons. The third-order valence-electron chi connectivity index (χ3n) is 4.11. The van der Waals surface area contributed by atoms with E-state index < -0.39 is 0 Å². The maximum Gasteiger partial charge on any atom is 0.237 e. The number of hydrogen-bond acceptors (Lipinski definition) is 6. The lowest BCUT2D eigenvalue weighted by Gasteiger charge is -2.09. The molecule has 0 aliphatic carbocycles. The summed E-state index contributed by atoms with van der Waals surface area (Å²) >= 11 is 1.54. The van der Waals surface area contributed by atoms with Gasteiger partial charge >= 0.3 is 0 Å². The molecule has 0 unspecified atom stereocenters. The molecule has 0 N–H and O–H groups in total. The molecule has 142 valence electrons. The van der Waals surface area contributed by atoms with Crippen molar-refractivity contribution in [2.75, 3.05) is 0 Å². The van der Waals surface area contributed by atoms with Gasteiger partial charge in [0.1, 0.15) is 0 Å². The van der Waals surface area contributed by atoms with E-state index in [0.717, 1.165) is 34.5 Å². The van der Waals surface area contributed by atoms with E-state index >= 15 is 0 Å². The maximum atomic E-state index is 5.38. The Bertz CT molecular complexity index is 1030. The molecule has 2 aromatic carbocycles. The molecule has 0 bridgehead atoms. The average molecular weight is 392 g/mol. The summed E-state index contributed by atoms with van der Waals surface area (Å²) in [6.45, 7) is 4.27. The second-order valence-electron chi connectivity index (χ2n) is 6.83. The van der Waals surface area contributed by atoms with Crippen molar-refractivity contribution in [3.8, 4) is 17.1 Å². The summed E-state index contributed by atoms with van der Waals surface area (Å²) in [6.07, 6.45) is 0.812. The molecule has 2 aromatic heterocycles. The number of hydrogen-bond donors (Lipinski definition) is 0. The summed E-state index contributed by atoms with van der Waals surface area (Å²) in [4.78, 5) is 4.48. The molecule has 0 saturated carbocycles. The van der Waals surface area contributed by atoms with Crippen molar-refractivity contribution < 1.29 is 4.52 Å². The highest BCUT2D eigenvalue weighted by Gasteiger charge is 2.17. The number of rotatable bonds is 7. The Labute approximate surface area is 168 Å². The first-order chi connectivity index (χ1) is 13.7. The number of para-hydroxylation sites is 1. The Morgan fingerprint density at radius 2 is 1.68 bits per heavy atom. The molecule has 0 atom stereocenters. The standard InChI is InChI=1S/C21H21N5OS/c1-15(2)13-18-22-19(27-25-18)14-28-21-24-23-20(16-9-5-3-6-10-16)26(21)17-11-7-4-8-12-17/h3-12,15H,13-14H2,1-2H3. The van der Waals surface area contributed by atoms with Gasteiger partial charge in [-0.05, 0) is 18.1 Å². The fourth-order valence-electron chi connectivity index (χ4n) is 2.87. The van der Waals surface area contributed by atoms with Crippen LogP contribution in [-0.4, -0.2) is 24.9 Å². The van der Waals surface area contributed by atoms with Crippen molar-refractivity contribution >= 4 is 11.8 Å². The molecule has 7 heteroatoms. The summed E-state index contributed by atoms with van der Waals surface area (Å²) in [6, 6.07) is 20.2. The largest absolute Gasteiger partial charge is 0.338 e. The quantitative estimate of drug-likeness (QED) is 0.421. The van der Waals surface area contributed by atoms with Crippen LogP contribution in [0.2, 0.25) is 0 Å². The first-order valence-corrected chi connectivity index (χ1v) is 10.2. The molecule has 28 heavy (non-hydrogen) atoms. The van der Waals surface area contributed by atoms with E-state index in [1.54, 1.807) is 0 Å². The Balaban J connectivity index is 1.62. The van der Waals surface area contributed by atoms with Crippen LogP contribution >= 0.6 is 11.8 Å². The van der Waals surface area contributed by atoms with Gasteiger partial charge in [0.05, 0.1) is 5.75 Å². The SMILES string of the molecule is CC(C)Cc1noc(CSc2nnc(-c3ccccc3)n2-c2ccccc2)n1. The van der Waals surface area contributed by atoms with Gasteiger partial charge in [-0.2, -0.15) is 4.98 Å². The van der Waals surface area contributed by atoms with E-state index in [9.17, 15) is 0 Å². The number of aromatic nitrogens is 5. The highest BCUT2D eigenvalue weighted by Crippen LogP contribution is 2.29. The van der Waals surface area contributed by atoms with E-state index in [4.69, 9.17) is 4.52 Å². The van der Waals surface area contributed by atoms with Crippen LogP contribution in [0.5, 0.6) is 0 Å². The second kappa shape index (κ2) is 8.39. The minimum absolute atomic E-state index is 0.493. The Morgan fingerprint density at radius 3 is 2.39 bits per heavy atom. The van der Waals surface area contributed by atoms with E-state index in [-0.39, 0.29) is 0 Å². The Morgan fingerprint density at radius 1 is 0.964 bits per heavy atom. The van der Waals surface area contributed by atoms with Crippen LogP contribution in [-0.2, 0) is 12.2 Å². The molecule has 6 nitrogen and oxygen atoms in total. The summed E-state index contributed by atoms with van der Waals surface area (Å²) < 4.78 is 7.45. The maximum absolute atomic E-state index is 5.38. The van der Waals surface area contributed by atoms with Crippen LogP contribution in [0.25, 0.3) is 17.1 Å². The lowest BCUT2D eigenvalue weighted by molar-refractivity contribution is 0.382. The molecule has 4 aromatic rings. The van der Waals surface area contributed by atoms with Gasteiger partial charge in [-0.25, -0.2) is 0 Å². The minimum atomic E-state index is 0.493. The molecule has 0 spiro atoms. The predicted molar refractivity (Wildman–Crippen MR) is 109 cm³/mol. The summed E-state index contributed by atoms with van der Waals surface area (Å²) in [5.74, 6) is 3.20. The molecular weight excluding hydrogens is 370 g/mol. The molecule has 0 aliphatic rings. The highest BCUT2D eigenvalue weighted by molar-refractivity contribution is 7.98. The molecule has 2 heterocycles. The molecule has 0 amide bonds. The van der Waals surface area contributed by atoms with Crippen LogP contribution in [0, 0.1) is 5.92 Å². The van der Waals surface area contributed by atoms with Crippen LogP contribution in [0.3, 0.4) is 0 Å². The van der Waals surface area contributed by atoms with Gasteiger partial charge in [0, 0.05) is 17.7 Å². The smallest absolute Gasteiger partial charge is 0.237 e. The van der Waals surface area contributed by atoms with Crippen molar-refractivity contribution in [3.63, 3.8) is 0 Å². The molecule has 0 fully saturated rings. The minimum Gasteiger partial charge on any atom is -0.338 e. The third-order valence-corrected chi connectivity index (χ3v) is 5.02. The lowest BCUT2D eigenvalue weighted by atomic mass is 10.1. The first kappa shape index (κ1) is 18.4. The zero-order valence-electron chi connectivity index (χ0n) is 15.8. The predicted octanol–water partition coefficient (Wildman–Crippen LogP) is 4.81. The van der Waals surface area contributed by atoms with Gasteiger partial charge in [0.25, 0.3) is 0 Å². The number of nitrogens with zero attached hydrogens (tertiary/aromatic N) is 5. The fraction of sp³-hybridized carbons (Fsp3) is 0.238. The monoisotopic (exact) mass is 391 g/mol. The van der Waals surface area contributed by atoms with E-state index in [1.807, 2.05) is 60.7 Å². The van der Waals surface area contributed by atoms with Gasteiger partial charge in [-0.1, -0.05) is 79.3 Å². The molecule has 0 aliphatic heterocycles. The number of thioether (sulfide) groups is 1. The zero-order chi connectivity index (χ0) is 19.3. The van der Waals surface area contributed by atoms with Crippen molar-refractivity contribution in [1.29, 1.82) is 0 Å². The van der Waals surface area contributed by atoms with Gasteiger partial charge in [0.2, 0.25) is 5.89 Å². The van der Waals surface area contributed by atoms with Crippen LogP contribution in [0.1, 0.15) is 25.6 Å². The van der Waals surface area contributed by atoms with Gasteiger partial charge in [-0.15, -0.1) is 10.2 Å². The van der Waals surface area contributed by atoms with Crippen LogP contribution in [0.4, 0.5) is 0 Å². The average Bonchev–Trinajstić information content (AvgIpc) is 3.34. The highest BCUT2D eigenvalue weighted by atomic mass is 32.2. The summed E-state index contributed by atoms with van der Waals surface area (Å²) in [5.41, 5.74) is 2.03. The third kappa shape index (κ3) is 4.14. The fourth-order valence-corrected chi connectivity index (χ4v) is 3.66. The lowest BCUT2D eigenvalue weighted by Crippen LogP contribution is -1.99. The van der Waals surface area contributed by atoms with E-state index in [0.29, 0.717) is 17.6 Å².